The summed E-state index contributed by atoms with van der Waals surface area (Å²) in [6.07, 6.45) is -0.788. The van der Waals surface area contributed by atoms with E-state index in [0.717, 1.165) is 6.07 Å². The zero-order valence-corrected chi connectivity index (χ0v) is 15.3. The number of aliphatic hydroxyl groups excluding tert-OH is 1. The maximum atomic E-state index is 13.5. The number of amides is 2. The van der Waals surface area contributed by atoms with E-state index < -0.39 is 24.0 Å². The lowest BCUT2D eigenvalue weighted by molar-refractivity contribution is -0.136. The molecular formula is C18H24F2N4O3. The van der Waals surface area contributed by atoms with Gasteiger partial charge in [-0.25, -0.2) is 8.78 Å². The highest BCUT2D eigenvalue weighted by atomic mass is 19.2. The number of hydrogen-bond donors (Lipinski definition) is 3. The van der Waals surface area contributed by atoms with Gasteiger partial charge in [-0.1, -0.05) is 6.92 Å². The minimum Gasteiger partial charge on any atom is -0.365 e. The van der Waals surface area contributed by atoms with Crippen molar-refractivity contribution in [2.24, 2.45) is 5.92 Å². The van der Waals surface area contributed by atoms with Crippen molar-refractivity contribution in [2.75, 3.05) is 24.5 Å². The van der Waals surface area contributed by atoms with Crippen molar-refractivity contribution in [3.05, 3.63) is 29.8 Å². The van der Waals surface area contributed by atoms with Gasteiger partial charge in [0.25, 0.3) is 0 Å². The van der Waals surface area contributed by atoms with Gasteiger partial charge in [-0.15, -0.1) is 0 Å². The van der Waals surface area contributed by atoms with Crippen LogP contribution < -0.4 is 15.5 Å². The Balaban J connectivity index is 1.59. The van der Waals surface area contributed by atoms with Crippen LogP contribution in [0.2, 0.25) is 0 Å². The van der Waals surface area contributed by atoms with E-state index in [1.165, 1.54) is 12.1 Å². The van der Waals surface area contributed by atoms with Crippen LogP contribution in [0.25, 0.3) is 0 Å². The van der Waals surface area contributed by atoms with E-state index in [9.17, 15) is 23.5 Å². The SMILES string of the molecule is CC(CC1NC(O)NC1=O)C(=O)N1CCN(c2ccc(F)c(F)c2)[C@@H](C)C1. The van der Waals surface area contributed by atoms with Gasteiger partial charge in [0.05, 0.1) is 6.04 Å². The lowest BCUT2D eigenvalue weighted by atomic mass is 9.99. The van der Waals surface area contributed by atoms with Crippen molar-refractivity contribution in [1.29, 1.82) is 0 Å². The average molecular weight is 382 g/mol. The van der Waals surface area contributed by atoms with E-state index in [0.29, 0.717) is 31.7 Å². The molecule has 2 fully saturated rings. The number of anilines is 1. The molecule has 3 unspecified atom stereocenters. The molecule has 27 heavy (non-hydrogen) atoms. The third-order valence-electron chi connectivity index (χ3n) is 5.14. The van der Waals surface area contributed by atoms with Gasteiger partial charge in [-0.2, -0.15) is 0 Å². The van der Waals surface area contributed by atoms with Gasteiger partial charge in [-0.3, -0.25) is 14.9 Å². The number of nitrogens with one attached hydrogen (secondary N) is 2. The molecule has 0 bridgehead atoms. The lowest BCUT2D eigenvalue weighted by Crippen LogP contribution is -2.55. The van der Waals surface area contributed by atoms with Crippen LogP contribution in [-0.2, 0) is 9.59 Å². The first kappa shape index (κ1) is 19.5. The first-order chi connectivity index (χ1) is 12.8. The number of piperazine rings is 1. The molecule has 0 spiro atoms. The number of carbonyl (C=O) groups is 2. The highest BCUT2D eigenvalue weighted by Gasteiger charge is 2.35. The Morgan fingerprint density at radius 2 is 2.07 bits per heavy atom. The quantitative estimate of drug-likeness (QED) is 0.702. The molecule has 0 saturated carbocycles. The zero-order chi connectivity index (χ0) is 19.7. The number of nitrogens with zero attached hydrogens (tertiary/aromatic N) is 2. The summed E-state index contributed by atoms with van der Waals surface area (Å²) in [5, 5.41) is 14.4. The Labute approximate surface area is 156 Å². The summed E-state index contributed by atoms with van der Waals surface area (Å²) < 4.78 is 26.6. The minimum atomic E-state index is -1.08. The van der Waals surface area contributed by atoms with Gasteiger partial charge in [0, 0.05) is 43.3 Å². The number of hydrogen-bond acceptors (Lipinski definition) is 5. The third-order valence-corrected chi connectivity index (χ3v) is 5.14. The fraction of sp³-hybridized carbons (Fsp3) is 0.556. The summed E-state index contributed by atoms with van der Waals surface area (Å²) in [6.45, 7) is 5.10. The summed E-state index contributed by atoms with van der Waals surface area (Å²) in [4.78, 5) is 28.1. The lowest BCUT2D eigenvalue weighted by Gasteiger charge is -2.42. The number of aliphatic hydroxyl groups is 1. The second-order valence-electron chi connectivity index (χ2n) is 7.19. The second kappa shape index (κ2) is 7.77. The molecular weight excluding hydrogens is 358 g/mol. The predicted octanol–water partition coefficient (Wildman–Crippen LogP) is 0.392. The standard InChI is InChI=1S/C18H24F2N4O3/c1-10(7-15-16(25)22-18(27)21-15)17(26)23-5-6-24(11(2)9-23)12-3-4-13(19)14(20)8-12/h3-4,8,10-11,15,18,21,27H,5-7,9H2,1-2H3,(H,22,25)/t10?,11-,15?,18?/m0/s1. The van der Waals surface area contributed by atoms with Crippen LogP contribution in [0.4, 0.5) is 14.5 Å². The summed E-state index contributed by atoms with van der Waals surface area (Å²) in [5.74, 6) is -2.55. The Morgan fingerprint density at radius 1 is 1.33 bits per heavy atom. The van der Waals surface area contributed by atoms with Crippen molar-refractivity contribution in [3.63, 3.8) is 0 Å². The summed E-state index contributed by atoms with van der Waals surface area (Å²) in [5.41, 5.74) is 0.586. The molecule has 1 aromatic carbocycles. The molecule has 2 amide bonds. The largest absolute Gasteiger partial charge is 0.365 e. The monoisotopic (exact) mass is 382 g/mol. The first-order valence-electron chi connectivity index (χ1n) is 9.01. The fourth-order valence-corrected chi connectivity index (χ4v) is 3.69. The molecule has 9 heteroatoms. The molecule has 7 nitrogen and oxygen atoms in total. The smallest absolute Gasteiger partial charge is 0.240 e. The van der Waals surface area contributed by atoms with E-state index >= 15 is 0 Å². The average Bonchev–Trinajstić information content (AvgIpc) is 2.93. The van der Waals surface area contributed by atoms with Gasteiger partial charge in [0.2, 0.25) is 11.8 Å². The molecule has 3 rings (SSSR count). The highest BCUT2D eigenvalue weighted by molar-refractivity contribution is 5.85. The van der Waals surface area contributed by atoms with E-state index in [-0.39, 0.29) is 23.8 Å². The van der Waals surface area contributed by atoms with E-state index in [1.54, 1.807) is 11.8 Å². The maximum absolute atomic E-state index is 13.5. The fourth-order valence-electron chi connectivity index (χ4n) is 3.69. The Kier molecular flexibility index (Phi) is 5.61. The predicted molar refractivity (Wildman–Crippen MR) is 94.6 cm³/mol. The molecule has 0 radical (unpaired) electrons. The molecule has 3 N–H and O–H groups in total. The number of carbonyl (C=O) groups excluding carboxylic acids is 2. The van der Waals surface area contributed by atoms with Crippen LogP contribution in [0.15, 0.2) is 18.2 Å². The molecule has 0 aliphatic carbocycles. The normalized spacial score (nSPS) is 26.9. The van der Waals surface area contributed by atoms with Crippen LogP contribution in [0, 0.1) is 17.6 Å². The summed E-state index contributed by atoms with van der Waals surface area (Å²) >= 11 is 0. The third kappa shape index (κ3) is 4.19. The van der Waals surface area contributed by atoms with Crippen LogP contribution in [0.3, 0.4) is 0 Å². The zero-order valence-electron chi connectivity index (χ0n) is 15.3. The van der Waals surface area contributed by atoms with Crippen LogP contribution in [0.5, 0.6) is 0 Å². The minimum absolute atomic E-state index is 0.0607. The van der Waals surface area contributed by atoms with Crippen molar-refractivity contribution < 1.29 is 23.5 Å². The van der Waals surface area contributed by atoms with Crippen molar-refractivity contribution in [2.45, 2.75) is 38.7 Å². The van der Waals surface area contributed by atoms with E-state index in [1.807, 2.05) is 11.8 Å². The molecule has 2 aliphatic heterocycles. The number of halogens is 2. The molecule has 4 atom stereocenters. The van der Waals surface area contributed by atoms with Crippen molar-refractivity contribution in [3.8, 4) is 0 Å². The molecule has 148 valence electrons. The number of rotatable bonds is 4. The van der Waals surface area contributed by atoms with Crippen LogP contribution in [-0.4, -0.2) is 59.9 Å². The van der Waals surface area contributed by atoms with Crippen LogP contribution in [0.1, 0.15) is 20.3 Å². The van der Waals surface area contributed by atoms with Gasteiger partial charge < -0.3 is 20.2 Å². The Hall–Kier alpha value is -2.26. The van der Waals surface area contributed by atoms with Crippen molar-refractivity contribution in [1.82, 2.24) is 15.5 Å². The van der Waals surface area contributed by atoms with Gasteiger partial charge in [0.15, 0.2) is 18.0 Å². The molecule has 2 aliphatic rings. The molecule has 2 saturated heterocycles. The summed E-state index contributed by atoms with van der Waals surface area (Å²) in [6, 6.07) is 3.14. The molecule has 0 aromatic heterocycles. The molecule has 2 heterocycles. The van der Waals surface area contributed by atoms with E-state index in [2.05, 4.69) is 10.6 Å². The van der Waals surface area contributed by atoms with Gasteiger partial charge in [0.1, 0.15) is 0 Å². The van der Waals surface area contributed by atoms with E-state index in [4.69, 9.17) is 0 Å². The topological polar surface area (TPSA) is 84.9 Å². The Bertz CT molecular complexity index is 733. The number of benzene rings is 1. The van der Waals surface area contributed by atoms with Crippen molar-refractivity contribution >= 4 is 17.5 Å². The summed E-state index contributed by atoms with van der Waals surface area (Å²) in [7, 11) is 0. The maximum Gasteiger partial charge on any atom is 0.240 e. The van der Waals surface area contributed by atoms with Gasteiger partial charge >= 0.3 is 0 Å². The van der Waals surface area contributed by atoms with Crippen LogP contribution >= 0.6 is 0 Å². The Morgan fingerprint density at radius 3 is 2.67 bits per heavy atom. The highest BCUT2D eigenvalue weighted by Crippen LogP contribution is 2.24. The molecule has 1 aromatic rings. The van der Waals surface area contributed by atoms with Gasteiger partial charge in [-0.05, 0) is 25.5 Å². The first-order valence-corrected chi connectivity index (χ1v) is 9.01. The second-order valence-corrected chi connectivity index (χ2v) is 7.19.